The minimum atomic E-state index is -0.896. The molecule has 0 spiro atoms. The molecular formula is C19H16N4O6. The van der Waals surface area contributed by atoms with E-state index < -0.39 is 23.0 Å². The number of carbonyl (C=O) groups excluding carboxylic acids is 1. The van der Waals surface area contributed by atoms with Gasteiger partial charge in [0.05, 0.1) is 24.6 Å². The van der Waals surface area contributed by atoms with Gasteiger partial charge in [0.2, 0.25) is 5.88 Å². The molecule has 4 N–H and O–H groups in total. The molecule has 1 heterocycles. The summed E-state index contributed by atoms with van der Waals surface area (Å²) >= 11 is 0. The van der Waals surface area contributed by atoms with E-state index in [1.54, 1.807) is 24.3 Å². The molecule has 0 saturated heterocycles. The molecule has 0 bridgehead atoms. The van der Waals surface area contributed by atoms with E-state index in [1.165, 1.54) is 31.4 Å². The Balaban J connectivity index is 1.95. The normalized spacial score (nSPS) is 10.8. The first kappa shape index (κ1) is 19.4. The average Bonchev–Trinajstić information content (AvgIpc) is 2.70. The molecule has 0 fully saturated rings. The molecule has 29 heavy (non-hydrogen) atoms. The highest BCUT2D eigenvalue weighted by Crippen LogP contribution is 2.20. The van der Waals surface area contributed by atoms with Gasteiger partial charge < -0.3 is 14.9 Å². The summed E-state index contributed by atoms with van der Waals surface area (Å²) < 4.78 is 5.95. The largest absolute Gasteiger partial charge is 0.507 e. The SMILES string of the molecule is COc1cccc(-n2c(O)c(C=NNC(=O)c3ccccc3O)c(=O)[nH]c2=O)c1. The number of phenolic OH excluding ortho intramolecular Hbond substituents is 1. The minimum Gasteiger partial charge on any atom is -0.507 e. The number of aromatic hydroxyl groups is 2. The van der Waals surface area contributed by atoms with Crippen LogP contribution in [0.5, 0.6) is 17.4 Å². The maximum Gasteiger partial charge on any atom is 0.335 e. The van der Waals surface area contributed by atoms with E-state index in [2.05, 4.69) is 15.5 Å². The molecule has 0 saturated carbocycles. The Morgan fingerprint density at radius 2 is 1.93 bits per heavy atom. The summed E-state index contributed by atoms with van der Waals surface area (Å²) in [5, 5.41) is 23.7. The molecule has 0 aliphatic heterocycles. The van der Waals surface area contributed by atoms with Gasteiger partial charge in [-0.15, -0.1) is 0 Å². The minimum absolute atomic E-state index is 0.0240. The number of benzene rings is 2. The van der Waals surface area contributed by atoms with Gasteiger partial charge in [0.15, 0.2) is 0 Å². The second kappa shape index (κ2) is 8.13. The number of aromatic nitrogens is 2. The van der Waals surface area contributed by atoms with Crippen molar-refractivity contribution in [3.05, 3.63) is 80.5 Å². The van der Waals surface area contributed by atoms with E-state index >= 15 is 0 Å². The molecule has 2 aromatic carbocycles. The van der Waals surface area contributed by atoms with E-state index in [4.69, 9.17) is 4.74 Å². The van der Waals surface area contributed by atoms with Crippen LogP contribution in [0.15, 0.2) is 63.2 Å². The molecule has 10 heteroatoms. The average molecular weight is 396 g/mol. The van der Waals surface area contributed by atoms with Gasteiger partial charge in [-0.25, -0.2) is 14.8 Å². The number of hydrogen-bond acceptors (Lipinski definition) is 7. The van der Waals surface area contributed by atoms with Crippen molar-refractivity contribution < 1.29 is 19.7 Å². The number of aromatic amines is 1. The van der Waals surface area contributed by atoms with Crippen LogP contribution in [0.4, 0.5) is 0 Å². The van der Waals surface area contributed by atoms with Gasteiger partial charge >= 0.3 is 5.69 Å². The number of carbonyl (C=O) groups is 1. The number of ether oxygens (including phenoxy) is 1. The van der Waals surface area contributed by atoms with Crippen molar-refractivity contribution in [1.29, 1.82) is 0 Å². The fourth-order valence-electron chi connectivity index (χ4n) is 2.53. The zero-order chi connectivity index (χ0) is 21.0. The number of phenols is 1. The van der Waals surface area contributed by atoms with Crippen LogP contribution in [0.2, 0.25) is 0 Å². The fraction of sp³-hybridized carbons (Fsp3) is 0.0526. The highest BCUT2D eigenvalue weighted by molar-refractivity contribution is 5.97. The Morgan fingerprint density at radius 3 is 2.66 bits per heavy atom. The number of nitrogens with zero attached hydrogens (tertiary/aromatic N) is 2. The Labute approximate surface area is 163 Å². The molecule has 1 aromatic heterocycles. The topological polar surface area (TPSA) is 146 Å². The Hall–Kier alpha value is -4.34. The van der Waals surface area contributed by atoms with Gasteiger partial charge in [-0.1, -0.05) is 18.2 Å². The third-order valence-electron chi connectivity index (χ3n) is 3.94. The van der Waals surface area contributed by atoms with Crippen molar-refractivity contribution in [3.63, 3.8) is 0 Å². The van der Waals surface area contributed by atoms with Crippen LogP contribution >= 0.6 is 0 Å². The molecule has 0 unspecified atom stereocenters. The summed E-state index contributed by atoms with van der Waals surface area (Å²) in [6, 6.07) is 12.1. The van der Waals surface area contributed by atoms with Crippen molar-refractivity contribution in [2.24, 2.45) is 5.10 Å². The lowest BCUT2D eigenvalue weighted by molar-refractivity contribution is 0.0952. The first-order chi connectivity index (χ1) is 13.9. The predicted molar refractivity (Wildman–Crippen MR) is 104 cm³/mol. The fourth-order valence-corrected chi connectivity index (χ4v) is 2.53. The highest BCUT2D eigenvalue weighted by Gasteiger charge is 2.15. The summed E-state index contributed by atoms with van der Waals surface area (Å²) in [7, 11) is 1.44. The number of hydrogen-bond donors (Lipinski definition) is 4. The first-order valence-electron chi connectivity index (χ1n) is 8.26. The van der Waals surface area contributed by atoms with Gasteiger partial charge in [0, 0.05) is 6.07 Å². The second-order valence-corrected chi connectivity index (χ2v) is 5.75. The van der Waals surface area contributed by atoms with Gasteiger partial charge in [-0.05, 0) is 24.3 Å². The standard InChI is InChI=1S/C19H16N4O6/c1-29-12-6-4-5-11(9-12)23-18(27)14(16(25)21-19(23)28)10-20-22-17(26)13-7-2-3-8-15(13)24/h2-10,24,27H,1H3,(H,22,26)(H,21,25,28). The van der Waals surface area contributed by atoms with Crippen LogP contribution in [0.1, 0.15) is 15.9 Å². The lowest BCUT2D eigenvalue weighted by atomic mass is 10.2. The molecule has 3 rings (SSSR count). The van der Waals surface area contributed by atoms with Crippen molar-refractivity contribution >= 4 is 12.1 Å². The lowest BCUT2D eigenvalue weighted by Gasteiger charge is -2.10. The number of nitrogens with one attached hydrogen (secondary N) is 2. The third kappa shape index (κ3) is 4.00. The van der Waals surface area contributed by atoms with Crippen LogP contribution < -0.4 is 21.4 Å². The van der Waals surface area contributed by atoms with Crippen LogP contribution in [0.25, 0.3) is 5.69 Å². The smallest absolute Gasteiger partial charge is 0.335 e. The monoisotopic (exact) mass is 396 g/mol. The summed E-state index contributed by atoms with van der Waals surface area (Å²) in [6.45, 7) is 0. The quantitative estimate of drug-likeness (QED) is 0.369. The zero-order valence-electron chi connectivity index (χ0n) is 15.1. The Kier molecular flexibility index (Phi) is 5.44. The van der Waals surface area contributed by atoms with Crippen molar-refractivity contribution in [1.82, 2.24) is 15.0 Å². The first-order valence-corrected chi connectivity index (χ1v) is 8.26. The Bertz CT molecular complexity index is 1210. The molecule has 0 aliphatic rings. The van der Waals surface area contributed by atoms with E-state index in [9.17, 15) is 24.6 Å². The Morgan fingerprint density at radius 1 is 1.17 bits per heavy atom. The summed E-state index contributed by atoms with van der Waals surface area (Å²) in [6.07, 6.45) is 0.891. The molecular weight excluding hydrogens is 380 g/mol. The highest BCUT2D eigenvalue weighted by atomic mass is 16.5. The van der Waals surface area contributed by atoms with E-state index in [0.29, 0.717) is 5.75 Å². The van der Waals surface area contributed by atoms with Crippen molar-refractivity contribution in [3.8, 4) is 23.1 Å². The van der Waals surface area contributed by atoms with E-state index in [-0.39, 0.29) is 22.6 Å². The van der Waals surface area contributed by atoms with Crippen LogP contribution in [-0.4, -0.2) is 39.0 Å². The molecule has 0 radical (unpaired) electrons. The number of para-hydroxylation sites is 1. The van der Waals surface area contributed by atoms with Crippen LogP contribution in [0, 0.1) is 0 Å². The second-order valence-electron chi connectivity index (χ2n) is 5.75. The van der Waals surface area contributed by atoms with E-state index in [0.717, 1.165) is 10.8 Å². The van der Waals surface area contributed by atoms with Gasteiger partial charge in [0.1, 0.15) is 17.1 Å². The van der Waals surface area contributed by atoms with Crippen molar-refractivity contribution in [2.45, 2.75) is 0 Å². The number of H-pyrrole nitrogens is 1. The number of rotatable bonds is 5. The molecule has 1 amide bonds. The molecule has 10 nitrogen and oxygen atoms in total. The summed E-state index contributed by atoms with van der Waals surface area (Å²) in [4.78, 5) is 38.4. The molecule has 148 valence electrons. The lowest BCUT2D eigenvalue weighted by Crippen LogP contribution is -2.31. The van der Waals surface area contributed by atoms with Gasteiger partial charge in [-0.3, -0.25) is 14.6 Å². The molecule has 0 atom stereocenters. The van der Waals surface area contributed by atoms with E-state index in [1.807, 2.05) is 0 Å². The molecule has 0 aliphatic carbocycles. The molecule has 3 aromatic rings. The summed E-state index contributed by atoms with van der Waals surface area (Å²) in [5.41, 5.74) is 0.239. The maximum absolute atomic E-state index is 12.2. The maximum atomic E-state index is 12.2. The summed E-state index contributed by atoms with van der Waals surface area (Å²) in [5.74, 6) is -1.21. The van der Waals surface area contributed by atoms with Crippen LogP contribution in [0.3, 0.4) is 0 Å². The van der Waals surface area contributed by atoms with Gasteiger partial charge in [0.25, 0.3) is 11.5 Å². The number of amides is 1. The van der Waals surface area contributed by atoms with Gasteiger partial charge in [-0.2, -0.15) is 5.10 Å². The van der Waals surface area contributed by atoms with Crippen molar-refractivity contribution in [2.75, 3.05) is 7.11 Å². The van der Waals surface area contributed by atoms with Crippen LogP contribution in [-0.2, 0) is 0 Å². The third-order valence-corrected chi connectivity index (χ3v) is 3.94. The number of hydrazone groups is 1. The zero-order valence-corrected chi connectivity index (χ0v) is 15.1. The predicted octanol–water partition coefficient (Wildman–Crippen LogP) is 0.709. The number of methoxy groups -OCH3 is 1.